The Bertz CT molecular complexity index is 305. The van der Waals surface area contributed by atoms with Gasteiger partial charge < -0.3 is 5.11 Å². The molecule has 0 amide bonds. The van der Waals surface area contributed by atoms with Crippen LogP contribution in [0.4, 0.5) is 0 Å². The zero-order valence-electron chi connectivity index (χ0n) is 8.98. The predicted molar refractivity (Wildman–Crippen MR) is 66.8 cm³/mol. The van der Waals surface area contributed by atoms with Crippen LogP contribution in [0, 0.1) is 0 Å². The molecule has 1 aromatic rings. The largest absolute Gasteiger partial charge is 0.393 e. The summed E-state index contributed by atoms with van der Waals surface area (Å²) >= 11 is 3.80. The molecule has 2 nitrogen and oxygen atoms in total. The minimum atomic E-state index is -0.277. The number of thioether (sulfide) groups is 1. The summed E-state index contributed by atoms with van der Waals surface area (Å²) in [5.41, 5.74) is 1.06. The van der Waals surface area contributed by atoms with Crippen molar-refractivity contribution in [1.29, 1.82) is 0 Å². The maximum Gasteiger partial charge on any atom is 0.0967 e. The summed E-state index contributed by atoms with van der Waals surface area (Å²) in [4.78, 5) is 4.62. The van der Waals surface area contributed by atoms with Crippen molar-refractivity contribution < 1.29 is 5.11 Å². The lowest BCUT2D eigenvalue weighted by atomic mass is 10.1. The van der Waals surface area contributed by atoms with Crippen molar-refractivity contribution in [3.8, 4) is 0 Å². The standard InChI is InChI=1S/C11H17NOS2/c1-8(13)5-10-7-15-11(12-10)9-3-2-4-14-6-9/h7-9,13H,2-6H2,1H3. The van der Waals surface area contributed by atoms with Gasteiger partial charge in [-0.05, 0) is 25.5 Å². The van der Waals surface area contributed by atoms with Gasteiger partial charge in [0.25, 0.3) is 0 Å². The first kappa shape index (κ1) is 11.4. The van der Waals surface area contributed by atoms with Crippen LogP contribution < -0.4 is 0 Å². The molecular formula is C11H17NOS2. The highest BCUT2D eigenvalue weighted by Crippen LogP contribution is 2.32. The average Bonchev–Trinajstić information content (AvgIpc) is 2.67. The van der Waals surface area contributed by atoms with Crippen LogP contribution in [-0.2, 0) is 6.42 Å². The molecule has 0 radical (unpaired) electrons. The van der Waals surface area contributed by atoms with E-state index in [1.807, 2.05) is 18.7 Å². The Morgan fingerprint density at radius 3 is 3.20 bits per heavy atom. The number of nitrogens with zero attached hydrogens (tertiary/aromatic N) is 1. The van der Waals surface area contributed by atoms with E-state index >= 15 is 0 Å². The van der Waals surface area contributed by atoms with Crippen molar-refractivity contribution >= 4 is 23.1 Å². The van der Waals surface area contributed by atoms with Crippen LogP contribution in [-0.4, -0.2) is 27.7 Å². The van der Waals surface area contributed by atoms with Crippen LogP contribution in [0.15, 0.2) is 5.38 Å². The Morgan fingerprint density at radius 1 is 1.67 bits per heavy atom. The van der Waals surface area contributed by atoms with E-state index in [0.29, 0.717) is 12.3 Å². The fraction of sp³-hybridized carbons (Fsp3) is 0.727. The summed E-state index contributed by atoms with van der Waals surface area (Å²) in [7, 11) is 0. The molecule has 1 saturated heterocycles. The van der Waals surface area contributed by atoms with Crippen LogP contribution >= 0.6 is 23.1 Å². The number of aromatic nitrogens is 1. The number of aliphatic hydroxyl groups excluding tert-OH is 1. The zero-order valence-corrected chi connectivity index (χ0v) is 10.6. The lowest BCUT2D eigenvalue weighted by Gasteiger charge is -2.18. The average molecular weight is 243 g/mol. The third kappa shape index (κ3) is 3.20. The summed E-state index contributed by atoms with van der Waals surface area (Å²) in [5, 5.41) is 12.7. The van der Waals surface area contributed by atoms with Crippen molar-refractivity contribution in [2.24, 2.45) is 0 Å². The monoisotopic (exact) mass is 243 g/mol. The normalized spacial score (nSPS) is 24.0. The maximum absolute atomic E-state index is 9.29. The molecule has 1 aliphatic rings. The first-order valence-corrected chi connectivity index (χ1v) is 7.49. The molecule has 84 valence electrons. The molecule has 0 bridgehead atoms. The van der Waals surface area contributed by atoms with Crippen LogP contribution in [0.25, 0.3) is 0 Å². The molecule has 0 aromatic carbocycles. The first-order chi connectivity index (χ1) is 7.25. The molecule has 0 spiro atoms. The zero-order chi connectivity index (χ0) is 10.7. The van der Waals surface area contributed by atoms with Gasteiger partial charge in [0.2, 0.25) is 0 Å². The number of rotatable bonds is 3. The second kappa shape index (κ2) is 5.32. The van der Waals surface area contributed by atoms with Crippen molar-refractivity contribution in [3.63, 3.8) is 0 Å². The number of aliphatic hydroxyl groups is 1. The molecule has 1 fully saturated rings. The molecule has 0 saturated carbocycles. The van der Waals surface area contributed by atoms with Crippen LogP contribution in [0.1, 0.15) is 36.4 Å². The molecule has 2 rings (SSSR count). The van der Waals surface area contributed by atoms with Gasteiger partial charge in [0.15, 0.2) is 0 Å². The van der Waals surface area contributed by atoms with E-state index in [4.69, 9.17) is 0 Å². The first-order valence-electron chi connectivity index (χ1n) is 5.46. The molecule has 15 heavy (non-hydrogen) atoms. The van der Waals surface area contributed by atoms with Gasteiger partial charge in [-0.15, -0.1) is 11.3 Å². The van der Waals surface area contributed by atoms with E-state index in [0.717, 1.165) is 5.69 Å². The van der Waals surface area contributed by atoms with Crippen LogP contribution in [0.5, 0.6) is 0 Å². The van der Waals surface area contributed by atoms with Gasteiger partial charge in [-0.2, -0.15) is 11.8 Å². The summed E-state index contributed by atoms with van der Waals surface area (Å²) in [6, 6.07) is 0. The third-order valence-electron chi connectivity index (χ3n) is 2.58. The minimum Gasteiger partial charge on any atom is -0.393 e. The molecular weight excluding hydrogens is 226 g/mol. The van der Waals surface area contributed by atoms with Crippen molar-refractivity contribution in [1.82, 2.24) is 4.98 Å². The summed E-state index contributed by atoms with van der Waals surface area (Å²) in [5.74, 6) is 3.20. The Kier molecular flexibility index (Phi) is 4.05. The second-order valence-electron chi connectivity index (χ2n) is 4.14. The van der Waals surface area contributed by atoms with Crippen molar-refractivity contribution in [2.75, 3.05) is 11.5 Å². The van der Waals surface area contributed by atoms with Crippen molar-refractivity contribution in [3.05, 3.63) is 16.1 Å². The summed E-state index contributed by atoms with van der Waals surface area (Å²) in [6.07, 6.45) is 3.02. The third-order valence-corrected chi connectivity index (χ3v) is 4.86. The van der Waals surface area contributed by atoms with E-state index in [1.165, 1.54) is 29.4 Å². The highest BCUT2D eigenvalue weighted by molar-refractivity contribution is 7.99. The summed E-state index contributed by atoms with van der Waals surface area (Å²) < 4.78 is 0. The van der Waals surface area contributed by atoms with Crippen LogP contribution in [0.3, 0.4) is 0 Å². The van der Waals surface area contributed by atoms with Crippen molar-refractivity contribution in [2.45, 2.75) is 38.2 Å². The molecule has 4 heteroatoms. The highest BCUT2D eigenvalue weighted by atomic mass is 32.2. The molecule has 2 atom stereocenters. The predicted octanol–water partition coefficient (Wildman–Crippen LogP) is 2.68. The van der Waals surface area contributed by atoms with E-state index in [1.54, 1.807) is 11.3 Å². The van der Waals surface area contributed by atoms with Gasteiger partial charge in [0.1, 0.15) is 0 Å². The molecule has 0 aliphatic carbocycles. The smallest absolute Gasteiger partial charge is 0.0967 e. The lowest BCUT2D eigenvalue weighted by Crippen LogP contribution is -2.09. The maximum atomic E-state index is 9.29. The Morgan fingerprint density at radius 2 is 2.53 bits per heavy atom. The fourth-order valence-corrected chi connectivity index (χ4v) is 4.06. The van der Waals surface area contributed by atoms with E-state index in [2.05, 4.69) is 10.4 Å². The SMILES string of the molecule is CC(O)Cc1csc(C2CCCSC2)n1. The van der Waals surface area contributed by atoms with Gasteiger partial charge in [-0.25, -0.2) is 4.98 Å². The molecule has 1 N–H and O–H groups in total. The second-order valence-corrected chi connectivity index (χ2v) is 6.18. The van der Waals surface area contributed by atoms with Crippen LogP contribution in [0.2, 0.25) is 0 Å². The van der Waals surface area contributed by atoms with Gasteiger partial charge >= 0.3 is 0 Å². The van der Waals surface area contributed by atoms with Gasteiger partial charge in [-0.1, -0.05) is 0 Å². The molecule has 2 heterocycles. The highest BCUT2D eigenvalue weighted by Gasteiger charge is 2.19. The van der Waals surface area contributed by atoms with Gasteiger partial charge in [0, 0.05) is 23.5 Å². The quantitative estimate of drug-likeness (QED) is 0.886. The molecule has 1 aromatic heterocycles. The Labute approximate surface area is 99.1 Å². The fourth-order valence-electron chi connectivity index (χ4n) is 1.84. The molecule has 1 aliphatic heterocycles. The number of hydrogen-bond acceptors (Lipinski definition) is 4. The Hall–Kier alpha value is -0.0600. The van der Waals surface area contributed by atoms with Gasteiger partial charge in [0.05, 0.1) is 16.8 Å². The molecule has 2 unspecified atom stereocenters. The van der Waals surface area contributed by atoms with E-state index < -0.39 is 0 Å². The number of thiazole rings is 1. The lowest BCUT2D eigenvalue weighted by molar-refractivity contribution is 0.194. The topological polar surface area (TPSA) is 33.1 Å². The number of hydrogen-bond donors (Lipinski definition) is 1. The van der Waals surface area contributed by atoms with E-state index in [-0.39, 0.29) is 6.10 Å². The minimum absolute atomic E-state index is 0.277. The summed E-state index contributed by atoms with van der Waals surface area (Å²) in [6.45, 7) is 1.81. The van der Waals surface area contributed by atoms with E-state index in [9.17, 15) is 5.11 Å². The van der Waals surface area contributed by atoms with Gasteiger partial charge in [-0.3, -0.25) is 0 Å². The Balaban J connectivity index is 1.99.